The van der Waals surface area contributed by atoms with Crippen molar-refractivity contribution in [2.75, 3.05) is 16.8 Å². The average molecular weight is 731 g/mol. The molecule has 3 N–H and O–H groups in total. The number of alkyl halides is 7. The summed E-state index contributed by atoms with van der Waals surface area (Å²) in [7, 11) is 0. The highest BCUT2D eigenvalue weighted by Crippen LogP contribution is 2.54. The number of nitrogens with zero attached hydrogens (tertiary/aromatic N) is 1. The summed E-state index contributed by atoms with van der Waals surface area (Å²) in [4.78, 5) is 38.4. The van der Waals surface area contributed by atoms with E-state index in [1.54, 1.807) is 6.07 Å². The minimum absolute atomic E-state index is 0.117. The number of halogens is 10. The molecule has 16 heteroatoms. The van der Waals surface area contributed by atoms with Crippen LogP contribution in [0.2, 0.25) is 0 Å². The molecule has 0 radical (unpaired) electrons. The van der Waals surface area contributed by atoms with Crippen LogP contribution in [0.25, 0.3) is 0 Å². The summed E-state index contributed by atoms with van der Waals surface area (Å²) in [5.41, 5.74) is -3.85. The Morgan fingerprint density at radius 3 is 1.88 bits per heavy atom. The molecule has 0 saturated carbocycles. The predicted octanol–water partition coefficient (Wildman–Crippen LogP) is 7.41. The predicted molar refractivity (Wildman–Crippen MR) is 143 cm³/mol. The van der Waals surface area contributed by atoms with Crippen LogP contribution in [0.3, 0.4) is 0 Å². The van der Waals surface area contributed by atoms with E-state index in [2.05, 4.69) is 37.2 Å². The van der Waals surface area contributed by atoms with E-state index in [-0.39, 0.29) is 30.7 Å². The van der Waals surface area contributed by atoms with Crippen molar-refractivity contribution in [3.05, 3.63) is 92.1 Å². The number of carbonyl (C=O) groups is 3. The van der Waals surface area contributed by atoms with E-state index in [0.717, 1.165) is 17.0 Å². The van der Waals surface area contributed by atoms with Crippen molar-refractivity contribution in [1.29, 1.82) is 0 Å². The Morgan fingerprint density at radius 2 is 1.38 bits per heavy atom. The van der Waals surface area contributed by atoms with E-state index in [1.165, 1.54) is 30.3 Å². The maximum atomic E-state index is 15.7. The van der Waals surface area contributed by atoms with Crippen molar-refractivity contribution in [2.24, 2.45) is 5.73 Å². The molecule has 0 heterocycles. The van der Waals surface area contributed by atoms with Crippen molar-refractivity contribution < 1.29 is 49.5 Å². The first-order valence-corrected chi connectivity index (χ1v) is 13.1. The summed E-state index contributed by atoms with van der Waals surface area (Å²) in [5, 5.41) is 2.13. The zero-order valence-electron chi connectivity index (χ0n) is 20.7. The van der Waals surface area contributed by atoms with E-state index in [9.17, 15) is 45.1 Å². The van der Waals surface area contributed by atoms with Gasteiger partial charge in [-0.1, -0.05) is 24.3 Å². The van der Waals surface area contributed by atoms with Crippen LogP contribution in [0.5, 0.6) is 0 Å². The molecular formula is C26H17Br2F8N3O3. The fourth-order valence-corrected chi connectivity index (χ4v) is 5.14. The first kappa shape index (κ1) is 33.0. The number of rotatable bonds is 8. The largest absolute Gasteiger partial charge is 0.435 e. The number of benzene rings is 3. The average Bonchev–Trinajstić information content (AvgIpc) is 2.89. The Morgan fingerprint density at radius 1 is 0.833 bits per heavy atom. The molecular weight excluding hydrogens is 714 g/mol. The number of nitrogens with two attached hydrogens (primary N) is 1. The van der Waals surface area contributed by atoms with Gasteiger partial charge in [0.1, 0.15) is 0 Å². The minimum atomic E-state index is -6.38. The number of primary amides is 1. The summed E-state index contributed by atoms with van der Waals surface area (Å²) < 4.78 is 108. The van der Waals surface area contributed by atoms with Gasteiger partial charge in [0.05, 0.1) is 16.9 Å². The van der Waals surface area contributed by atoms with Gasteiger partial charge in [0.2, 0.25) is 5.91 Å². The highest BCUT2D eigenvalue weighted by atomic mass is 79.9. The molecule has 0 aliphatic rings. The van der Waals surface area contributed by atoms with Crippen LogP contribution in [0, 0.1) is 5.82 Å². The van der Waals surface area contributed by atoms with Gasteiger partial charge < -0.3 is 16.0 Å². The molecule has 42 heavy (non-hydrogen) atoms. The van der Waals surface area contributed by atoms with Crippen LogP contribution in [-0.4, -0.2) is 36.6 Å². The number of amides is 3. The first-order chi connectivity index (χ1) is 19.4. The summed E-state index contributed by atoms with van der Waals surface area (Å²) in [6, 6.07) is 11.2. The highest BCUT2D eigenvalue weighted by Gasteiger charge is 2.73. The molecule has 0 bridgehead atoms. The monoisotopic (exact) mass is 729 g/mol. The summed E-state index contributed by atoms with van der Waals surface area (Å²) >= 11 is 5.45. The van der Waals surface area contributed by atoms with Crippen LogP contribution in [0.15, 0.2) is 69.6 Å². The zero-order chi connectivity index (χ0) is 31.6. The molecule has 0 aliphatic heterocycles. The van der Waals surface area contributed by atoms with Crippen LogP contribution in [0.4, 0.5) is 46.5 Å². The molecule has 0 saturated heterocycles. The maximum Gasteiger partial charge on any atom is 0.435 e. The number of hydrogen-bond acceptors (Lipinski definition) is 3. The lowest BCUT2D eigenvalue weighted by atomic mass is 9.94. The van der Waals surface area contributed by atoms with Gasteiger partial charge in [-0.25, -0.2) is 8.78 Å². The van der Waals surface area contributed by atoms with Crippen LogP contribution in [0.1, 0.15) is 32.7 Å². The summed E-state index contributed by atoms with van der Waals surface area (Å²) in [5.74, 6) is -4.02. The van der Waals surface area contributed by atoms with Gasteiger partial charge in [0, 0.05) is 33.0 Å². The Labute approximate surface area is 249 Å². The second-order valence-electron chi connectivity index (χ2n) is 8.60. The fraction of sp³-hybridized carbons (Fsp3) is 0.192. The van der Waals surface area contributed by atoms with E-state index in [4.69, 9.17) is 5.73 Å². The molecule has 0 spiro atoms. The van der Waals surface area contributed by atoms with Crippen LogP contribution < -0.4 is 16.0 Å². The summed E-state index contributed by atoms with van der Waals surface area (Å²) in [6.45, 7) is -0.368. The number of nitrogens with one attached hydrogen (secondary N) is 1. The van der Waals surface area contributed by atoms with Crippen LogP contribution in [-0.2, 0) is 10.5 Å². The quantitative estimate of drug-likeness (QED) is 0.237. The lowest BCUT2D eigenvalue weighted by molar-refractivity contribution is -0.348. The van der Waals surface area contributed by atoms with Gasteiger partial charge in [-0.3, -0.25) is 14.4 Å². The highest BCUT2D eigenvalue weighted by molar-refractivity contribution is 9.11. The van der Waals surface area contributed by atoms with Crippen LogP contribution >= 0.6 is 31.9 Å². The molecule has 3 aromatic carbocycles. The molecule has 0 atom stereocenters. The number of anilines is 2. The number of hydrogen-bond donors (Lipinski definition) is 2. The molecule has 3 amide bonds. The second kappa shape index (κ2) is 12.4. The lowest BCUT2D eigenvalue weighted by Gasteiger charge is -2.31. The van der Waals surface area contributed by atoms with E-state index >= 15 is 4.39 Å². The molecule has 0 fully saturated rings. The van der Waals surface area contributed by atoms with Gasteiger partial charge >= 0.3 is 18.0 Å². The Bertz CT molecular complexity index is 1480. The Balaban J connectivity index is 2.01. The topological polar surface area (TPSA) is 92.5 Å². The Kier molecular flexibility index (Phi) is 9.71. The van der Waals surface area contributed by atoms with Crippen molar-refractivity contribution in [3.8, 4) is 0 Å². The molecule has 224 valence electrons. The van der Waals surface area contributed by atoms with Crippen molar-refractivity contribution >= 4 is 61.0 Å². The summed E-state index contributed by atoms with van der Waals surface area (Å²) in [6.07, 6.45) is -13.1. The molecule has 6 nitrogen and oxygen atoms in total. The van der Waals surface area contributed by atoms with E-state index in [0.29, 0.717) is 0 Å². The first-order valence-electron chi connectivity index (χ1n) is 11.5. The minimum Gasteiger partial charge on any atom is -0.370 e. The molecule has 3 rings (SSSR count). The fourth-order valence-electron chi connectivity index (χ4n) is 3.75. The van der Waals surface area contributed by atoms with Gasteiger partial charge in [-0.2, -0.15) is 26.3 Å². The number of carbonyl (C=O) groups excluding carboxylic acids is 3. The molecule has 0 aliphatic carbocycles. The standard InChI is InChI=1S/C26H17Br2F8N3O3/c27-16-11-14(24(30,25(31,32)33)26(34,35)36)12-17(28)21(16)38-22(41)15-7-4-8-18(20(15)29)39(10-9-19(37)40)23(42)13-5-2-1-3-6-13/h1-8,11-12H,9-10H2,(H2,37,40)(H,38,41). The van der Waals surface area contributed by atoms with E-state index < -0.39 is 73.0 Å². The molecule has 0 aromatic heterocycles. The third-order valence-corrected chi connectivity index (χ3v) is 7.07. The van der Waals surface area contributed by atoms with Gasteiger partial charge in [-0.15, -0.1) is 0 Å². The lowest BCUT2D eigenvalue weighted by Crippen LogP contribution is -2.50. The maximum absolute atomic E-state index is 15.7. The smallest absolute Gasteiger partial charge is 0.370 e. The normalized spacial score (nSPS) is 12.1. The Hall–Kier alpha value is -3.53. The molecule has 0 unspecified atom stereocenters. The van der Waals surface area contributed by atoms with E-state index in [1.807, 2.05) is 0 Å². The van der Waals surface area contributed by atoms with Crippen molar-refractivity contribution in [2.45, 2.75) is 24.4 Å². The van der Waals surface area contributed by atoms with Gasteiger partial charge in [0.25, 0.3) is 11.8 Å². The second-order valence-corrected chi connectivity index (χ2v) is 10.3. The van der Waals surface area contributed by atoms with Gasteiger partial charge in [-0.05, 0) is 68.3 Å². The van der Waals surface area contributed by atoms with Gasteiger partial charge in [0.15, 0.2) is 5.82 Å². The zero-order valence-corrected chi connectivity index (χ0v) is 23.9. The third-order valence-electron chi connectivity index (χ3n) is 5.82. The van der Waals surface area contributed by atoms with Crippen molar-refractivity contribution in [1.82, 2.24) is 0 Å². The third kappa shape index (κ3) is 6.59. The SMILES string of the molecule is NC(=O)CCN(C(=O)c1ccccc1)c1cccc(C(=O)Nc2c(Br)cc(C(F)(C(F)(F)F)C(F)(F)F)cc2Br)c1F. The molecule has 3 aromatic rings. The van der Waals surface area contributed by atoms with Crippen molar-refractivity contribution in [3.63, 3.8) is 0 Å².